The normalized spacial score (nSPS) is 13.6. The molecule has 2 N–H and O–H groups in total. The molecule has 0 radical (unpaired) electrons. The summed E-state index contributed by atoms with van der Waals surface area (Å²) in [5, 5.41) is 19.1. The lowest BCUT2D eigenvalue weighted by Crippen LogP contribution is -2.12. The summed E-state index contributed by atoms with van der Waals surface area (Å²) in [6.07, 6.45) is 1.92. The molecular weight excluding hydrogens is 448 g/mol. The summed E-state index contributed by atoms with van der Waals surface area (Å²) in [6.45, 7) is 3.45. The Balaban J connectivity index is 2.08. The Hall–Kier alpha value is -3.62. The van der Waals surface area contributed by atoms with E-state index in [-0.39, 0.29) is 12.4 Å². The number of methoxy groups -OCH3 is 1. The number of aromatic nitrogens is 1. The number of halogens is 1. The monoisotopic (exact) mass is 464 g/mol. The van der Waals surface area contributed by atoms with E-state index in [0.717, 1.165) is 22.3 Å². The summed E-state index contributed by atoms with van der Waals surface area (Å²) in [7, 11) is 1.29. The molecule has 0 amide bonds. The van der Waals surface area contributed by atoms with E-state index < -0.39 is 5.97 Å². The molecule has 1 heterocycles. The number of ether oxygens (including phenoxy) is 2. The van der Waals surface area contributed by atoms with Crippen LogP contribution in [0.3, 0.4) is 0 Å². The van der Waals surface area contributed by atoms with Gasteiger partial charge in [-0.05, 0) is 70.3 Å². The Morgan fingerprint density at radius 2 is 2.03 bits per heavy atom. The Labute approximate surface area is 182 Å². The molecule has 150 valence electrons. The summed E-state index contributed by atoms with van der Waals surface area (Å²) in [5.74, 6) is 0.137. The van der Waals surface area contributed by atoms with E-state index in [1.807, 2.05) is 25.1 Å². The van der Waals surface area contributed by atoms with Gasteiger partial charge in [0.2, 0.25) is 0 Å². The minimum Gasteiger partial charge on any atom is -0.481 e. The van der Waals surface area contributed by atoms with Crippen LogP contribution in [0, 0.1) is 29.6 Å². The van der Waals surface area contributed by atoms with E-state index in [1.54, 1.807) is 13.0 Å². The van der Waals surface area contributed by atoms with Crippen molar-refractivity contribution in [1.82, 2.24) is 4.98 Å². The van der Waals surface area contributed by atoms with Gasteiger partial charge in [-0.2, -0.15) is 10.5 Å². The third kappa shape index (κ3) is 3.66. The Morgan fingerprint density at radius 3 is 2.63 bits per heavy atom. The highest BCUT2D eigenvalue weighted by atomic mass is 79.9. The number of fused-ring (bicyclic) bond motifs is 1. The molecule has 0 aliphatic heterocycles. The number of rotatable bonds is 4. The molecule has 0 atom stereocenters. The van der Waals surface area contributed by atoms with Crippen LogP contribution in [0.15, 0.2) is 28.2 Å². The van der Waals surface area contributed by atoms with Crippen LogP contribution in [-0.2, 0) is 9.53 Å². The average molecular weight is 465 g/mol. The number of nitriles is 2. The molecule has 1 aromatic carbocycles. The number of anilines is 1. The number of hydrogen-bond donors (Lipinski definition) is 1. The van der Waals surface area contributed by atoms with E-state index in [9.17, 15) is 15.3 Å². The number of nitrogens with two attached hydrogens (primary N) is 1. The highest BCUT2D eigenvalue weighted by Crippen LogP contribution is 2.44. The molecule has 1 aliphatic rings. The maximum atomic E-state index is 11.3. The lowest BCUT2D eigenvalue weighted by Gasteiger charge is -2.11. The smallest absolute Gasteiger partial charge is 0.343 e. The summed E-state index contributed by atoms with van der Waals surface area (Å²) >= 11 is 3.45. The van der Waals surface area contributed by atoms with Crippen molar-refractivity contribution in [3.05, 3.63) is 56.2 Å². The molecule has 0 unspecified atom stereocenters. The Morgan fingerprint density at radius 1 is 1.30 bits per heavy atom. The van der Waals surface area contributed by atoms with Gasteiger partial charge in [0.25, 0.3) is 0 Å². The average Bonchev–Trinajstić information content (AvgIpc) is 2.98. The van der Waals surface area contributed by atoms with Crippen molar-refractivity contribution < 1.29 is 14.3 Å². The molecular formula is C22H17BrN4O3. The van der Waals surface area contributed by atoms with Crippen LogP contribution in [0.1, 0.15) is 34.9 Å². The molecule has 30 heavy (non-hydrogen) atoms. The number of hydrogen-bond acceptors (Lipinski definition) is 7. The number of carbonyl (C=O) groups is 1. The van der Waals surface area contributed by atoms with Gasteiger partial charge < -0.3 is 15.2 Å². The van der Waals surface area contributed by atoms with Crippen molar-refractivity contribution in [2.45, 2.75) is 13.8 Å². The standard InChI is InChI=1S/C22H17BrN4O3/c1-11-14(6-13-4-5-18(17(23)7-13)30-10-19(28)29-3)20-12(2)16(9-25)22(26)27-21(20)15(11)8-24/h4-7H,10H2,1-3H3,(H2,26,27)/b14-6-. The summed E-state index contributed by atoms with van der Waals surface area (Å²) in [5.41, 5.74) is 11.0. The zero-order valence-electron chi connectivity index (χ0n) is 16.5. The van der Waals surface area contributed by atoms with Gasteiger partial charge in [-0.25, -0.2) is 9.78 Å². The fraction of sp³-hybridized carbons (Fsp3) is 0.182. The van der Waals surface area contributed by atoms with Gasteiger partial charge in [0.15, 0.2) is 6.61 Å². The fourth-order valence-electron chi connectivity index (χ4n) is 3.28. The van der Waals surface area contributed by atoms with Gasteiger partial charge in [-0.15, -0.1) is 0 Å². The van der Waals surface area contributed by atoms with E-state index >= 15 is 0 Å². The number of benzene rings is 1. The van der Waals surface area contributed by atoms with Crippen LogP contribution in [0.2, 0.25) is 0 Å². The second-order valence-electron chi connectivity index (χ2n) is 6.56. The largest absolute Gasteiger partial charge is 0.481 e. The van der Waals surface area contributed by atoms with Crippen LogP contribution in [0.25, 0.3) is 17.2 Å². The molecule has 1 aliphatic carbocycles. The van der Waals surface area contributed by atoms with E-state index in [2.05, 4.69) is 37.8 Å². The first-order valence-corrected chi connectivity index (χ1v) is 9.64. The maximum Gasteiger partial charge on any atom is 0.343 e. The first-order chi connectivity index (χ1) is 14.3. The fourth-order valence-corrected chi connectivity index (χ4v) is 3.79. The molecule has 7 nitrogen and oxygen atoms in total. The van der Waals surface area contributed by atoms with Crippen molar-refractivity contribution in [1.29, 1.82) is 10.5 Å². The SMILES string of the molecule is COC(=O)COc1ccc(/C=C2/C(C)=C(C#N)c3nc(N)c(C#N)c(C)c32)cc1Br. The number of pyridine rings is 1. The summed E-state index contributed by atoms with van der Waals surface area (Å²) < 4.78 is 10.7. The topological polar surface area (TPSA) is 122 Å². The highest BCUT2D eigenvalue weighted by molar-refractivity contribution is 9.10. The first-order valence-electron chi connectivity index (χ1n) is 8.85. The van der Waals surface area contributed by atoms with Crippen molar-refractivity contribution in [2.75, 3.05) is 19.5 Å². The summed E-state index contributed by atoms with van der Waals surface area (Å²) in [4.78, 5) is 15.6. The van der Waals surface area contributed by atoms with E-state index in [0.29, 0.717) is 32.6 Å². The van der Waals surface area contributed by atoms with Crippen LogP contribution >= 0.6 is 15.9 Å². The minimum atomic E-state index is -0.476. The number of nitrogens with zero attached hydrogens (tertiary/aromatic N) is 3. The number of allylic oxidation sites excluding steroid dienone is 3. The third-order valence-corrected chi connectivity index (χ3v) is 5.44. The van der Waals surface area contributed by atoms with Gasteiger partial charge in [-0.3, -0.25) is 0 Å². The zero-order chi connectivity index (χ0) is 22.0. The quantitative estimate of drug-likeness (QED) is 0.677. The van der Waals surface area contributed by atoms with Gasteiger partial charge in [0, 0.05) is 5.56 Å². The third-order valence-electron chi connectivity index (χ3n) is 4.82. The lowest BCUT2D eigenvalue weighted by molar-refractivity contribution is -0.142. The van der Waals surface area contributed by atoms with Gasteiger partial charge in [0.05, 0.1) is 28.4 Å². The first kappa shape index (κ1) is 21.1. The van der Waals surface area contributed by atoms with Crippen LogP contribution in [0.5, 0.6) is 5.75 Å². The predicted octanol–water partition coefficient (Wildman–Crippen LogP) is 4.01. The van der Waals surface area contributed by atoms with Gasteiger partial charge in [0.1, 0.15) is 23.7 Å². The molecule has 0 bridgehead atoms. The second kappa shape index (κ2) is 8.40. The molecule has 0 saturated carbocycles. The maximum absolute atomic E-state index is 11.3. The van der Waals surface area contributed by atoms with Gasteiger partial charge >= 0.3 is 5.97 Å². The minimum absolute atomic E-state index is 0.116. The van der Waals surface area contributed by atoms with Crippen molar-refractivity contribution in [3.63, 3.8) is 0 Å². The molecule has 2 aromatic rings. The molecule has 1 aromatic heterocycles. The molecule has 8 heteroatoms. The number of esters is 1. The van der Waals surface area contributed by atoms with E-state index in [4.69, 9.17) is 10.5 Å². The highest BCUT2D eigenvalue weighted by Gasteiger charge is 2.29. The van der Waals surface area contributed by atoms with Crippen LogP contribution in [0.4, 0.5) is 5.82 Å². The number of nitrogen functional groups attached to an aromatic ring is 1. The molecule has 0 spiro atoms. The summed E-state index contributed by atoms with van der Waals surface area (Å²) in [6, 6.07) is 9.68. The van der Waals surface area contributed by atoms with Crippen molar-refractivity contribution in [2.24, 2.45) is 0 Å². The van der Waals surface area contributed by atoms with Crippen molar-refractivity contribution in [3.8, 4) is 17.9 Å². The Kier molecular flexibility index (Phi) is 5.91. The predicted molar refractivity (Wildman–Crippen MR) is 116 cm³/mol. The van der Waals surface area contributed by atoms with Crippen molar-refractivity contribution >= 4 is 44.9 Å². The van der Waals surface area contributed by atoms with E-state index in [1.165, 1.54) is 7.11 Å². The number of carbonyl (C=O) groups excluding carboxylic acids is 1. The second-order valence-corrected chi connectivity index (χ2v) is 7.41. The molecule has 3 rings (SSSR count). The molecule has 0 saturated heterocycles. The molecule has 0 fully saturated rings. The Bertz CT molecular complexity index is 1220. The van der Waals surface area contributed by atoms with Crippen LogP contribution in [-0.4, -0.2) is 24.7 Å². The lowest BCUT2D eigenvalue weighted by atomic mass is 9.95. The van der Waals surface area contributed by atoms with Crippen LogP contribution < -0.4 is 10.5 Å². The van der Waals surface area contributed by atoms with Gasteiger partial charge in [-0.1, -0.05) is 6.07 Å². The zero-order valence-corrected chi connectivity index (χ0v) is 18.1.